The first kappa shape index (κ1) is 9.08. The lowest BCUT2D eigenvalue weighted by Gasteiger charge is -1.97. The van der Waals surface area contributed by atoms with Gasteiger partial charge < -0.3 is 0 Å². The van der Waals surface area contributed by atoms with Crippen molar-refractivity contribution in [3.63, 3.8) is 0 Å². The summed E-state index contributed by atoms with van der Waals surface area (Å²) >= 11 is 0. The van der Waals surface area contributed by atoms with Crippen LogP contribution in [0.5, 0.6) is 0 Å². The molecule has 0 saturated heterocycles. The molecule has 1 aromatic heterocycles. The Morgan fingerprint density at radius 3 is 2.75 bits per heavy atom. The zero-order chi connectivity index (χ0) is 9.19. The fourth-order valence-electron chi connectivity index (χ4n) is 0.792. The smallest absolute Gasteiger partial charge is 0.214 e. The molecule has 0 amide bonds. The second-order valence-electron chi connectivity index (χ2n) is 2.40. The van der Waals surface area contributed by atoms with Crippen molar-refractivity contribution >= 4 is 10.0 Å². The molecule has 0 radical (unpaired) electrons. The summed E-state index contributed by atoms with van der Waals surface area (Å²) in [6, 6.07) is 1.53. The lowest BCUT2D eigenvalue weighted by Crippen LogP contribution is -2.15. The number of nitrogens with two attached hydrogens (primary N) is 1. The highest BCUT2D eigenvalue weighted by molar-refractivity contribution is 7.88. The average Bonchev–Trinajstić information content (AvgIpc) is 1.82. The van der Waals surface area contributed by atoms with Crippen LogP contribution in [0, 0.1) is 6.92 Å². The van der Waals surface area contributed by atoms with E-state index in [2.05, 4.69) is 9.97 Å². The number of hydrogen-bond donors (Lipinski definition) is 1. The molecule has 12 heavy (non-hydrogen) atoms. The van der Waals surface area contributed by atoms with Crippen molar-refractivity contribution < 1.29 is 8.42 Å². The van der Waals surface area contributed by atoms with Crippen LogP contribution >= 0.6 is 0 Å². The van der Waals surface area contributed by atoms with Crippen molar-refractivity contribution in [3.05, 3.63) is 23.8 Å². The summed E-state index contributed by atoms with van der Waals surface area (Å²) in [6.45, 7) is 1.69. The molecule has 0 fully saturated rings. The zero-order valence-electron chi connectivity index (χ0n) is 6.56. The summed E-state index contributed by atoms with van der Waals surface area (Å²) in [5, 5.41) is 4.83. The molecular formula is C6H9N3O2S. The van der Waals surface area contributed by atoms with Crippen molar-refractivity contribution in [3.8, 4) is 0 Å². The van der Waals surface area contributed by atoms with Crippen LogP contribution in [0.15, 0.2) is 12.3 Å². The Morgan fingerprint density at radius 1 is 1.58 bits per heavy atom. The van der Waals surface area contributed by atoms with E-state index >= 15 is 0 Å². The highest BCUT2D eigenvalue weighted by Gasteiger charge is 2.05. The van der Waals surface area contributed by atoms with E-state index in [0.717, 1.165) is 0 Å². The molecule has 0 unspecified atom stereocenters. The Labute approximate surface area is 70.7 Å². The van der Waals surface area contributed by atoms with E-state index in [4.69, 9.17) is 5.14 Å². The van der Waals surface area contributed by atoms with Gasteiger partial charge in [0.25, 0.3) is 0 Å². The molecule has 0 aliphatic heterocycles. The van der Waals surface area contributed by atoms with Crippen LogP contribution in [-0.4, -0.2) is 18.4 Å². The predicted octanol–water partition coefficient (Wildman–Crippen LogP) is -0.426. The number of nitrogens with zero attached hydrogens (tertiary/aromatic N) is 2. The Balaban J connectivity index is 2.91. The molecule has 0 aliphatic rings. The Hall–Kier alpha value is -1.01. The third kappa shape index (κ3) is 2.93. The van der Waals surface area contributed by atoms with Gasteiger partial charge in [-0.25, -0.2) is 23.5 Å². The van der Waals surface area contributed by atoms with Crippen LogP contribution in [0.2, 0.25) is 0 Å². The van der Waals surface area contributed by atoms with Crippen molar-refractivity contribution in [1.29, 1.82) is 0 Å². The second kappa shape index (κ2) is 3.16. The van der Waals surface area contributed by atoms with Crippen LogP contribution in [0.4, 0.5) is 0 Å². The fourth-order valence-corrected chi connectivity index (χ4v) is 1.36. The van der Waals surface area contributed by atoms with Gasteiger partial charge in [-0.2, -0.15) is 0 Å². The number of primary sulfonamides is 1. The van der Waals surface area contributed by atoms with Gasteiger partial charge in [-0.1, -0.05) is 0 Å². The van der Waals surface area contributed by atoms with Crippen LogP contribution in [0.1, 0.15) is 11.5 Å². The largest absolute Gasteiger partial charge is 0.242 e. The van der Waals surface area contributed by atoms with Gasteiger partial charge in [0.1, 0.15) is 11.6 Å². The van der Waals surface area contributed by atoms with E-state index in [0.29, 0.717) is 11.5 Å². The van der Waals surface area contributed by atoms with Crippen LogP contribution in [0.3, 0.4) is 0 Å². The third-order valence-electron chi connectivity index (χ3n) is 1.18. The maximum Gasteiger partial charge on any atom is 0.214 e. The minimum Gasteiger partial charge on any atom is -0.242 e. The lowest BCUT2D eigenvalue weighted by molar-refractivity contribution is 0.596. The molecule has 5 nitrogen and oxygen atoms in total. The van der Waals surface area contributed by atoms with E-state index in [-0.39, 0.29) is 5.75 Å². The molecule has 0 aromatic carbocycles. The van der Waals surface area contributed by atoms with Crippen molar-refractivity contribution in [1.82, 2.24) is 9.97 Å². The molecular weight excluding hydrogens is 178 g/mol. The lowest BCUT2D eigenvalue weighted by atomic mass is 10.4. The minimum atomic E-state index is -3.48. The molecule has 0 spiro atoms. The number of hydrogen-bond acceptors (Lipinski definition) is 4. The molecule has 1 aromatic rings. The quantitative estimate of drug-likeness (QED) is 0.681. The summed E-state index contributed by atoms with van der Waals surface area (Å²) in [4.78, 5) is 7.71. The SMILES string of the molecule is Cc1nccc(CS(N)(=O)=O)n1. The van der Waals surface area contributed by atoms with Gasteiger partial charge in [-0.3, -0.25) is 0 Å². The maximum atomic E-state index is 10.6. The van der Waals surface area contributed by atoms with E-state index in [1.54, 1.807) is 6.92 Å². The molecule has 0 bridgehead atoms. The van der Waals surface area contributed by atoms with Gasteiger partial charge in [-0.05, 0) is 13.0 Å². The van der Waals surface area contributed by atoms with Gasteiger partial charge in [0.05, 0.1) is 5.69 Å². The Bertz CT molecular complexity index is 374. The minimum absolute atomic E-state index is 0.240. The molecule has 1 heterocycles. The highest BCUT2D eigenvalue weighted by Crippen LogP contribution is 1.98. The van der Waals surface area contributed by atoms with Gasteiger partial charge in [0.2, 0.25) is 10.0 Å². The molecule has 1 rings (SSSR count). The standard InChI is InChI=1S/C6H9N3O2S/c1-5-8-3-2-6(9-5)4-12(7,10)11/h2-3H,4H2,1H3,(H2,7,10,11). The first-order valence-corrected chi connectivity index (χ1v) is 4.98. The van der Waals surface area contributed by atoms with E-state index < -0.39 is 10.0 Å². The monoisotopic (exact) mass is 187 g/mol. The van der Waals surface area contributed by atoms with Crippen LogP contribution in [0.25, 0.3) is 0 Å². The first-order chi connectivity index (χ1) is 5.47. The maximum absolute atomic E-state index is 10.6. The topological polar surface area (TPSA) is 85.9 Å². The molecule has 6 heteroatoms. The Kier molecular flexibility index (Phi) is 2.39. The van der Waals surface area contributed by atoms with E-state index in [1.807, 2.05) is 0 Å². The Morgan fingerprint density at radius 2 is 2.25 bits per heavy atom. The van der Waals surface area contributed by atoms with Gasteiger partial charge in [0.15, 0.2) is 0 Å². The number of aryl methyl sites for hydroxylation is 1. The number of sulfonamides is 1. The molecule has 0 atom stereocenters. The van der Waals surface area contributed by atoms with Crippen LogP contribution in [-0.2, 0) is 15.8 Å². The molecule has 66 valence electrons. The summed E-state index contributed by atoms with van der Waals surface area (Å²) in [6.07, 6.45) is 1.50. The normalized spacial score (nSPS) is 11.5. The zero-order valence-corrected chi connectivity index (χ0v) is 7.37. The first-order valence-electron chi connectivity index (χ1n) is 3.26. The fraction of sp³-hybridized carbons (Fsp3) is 0.333. The molecule has 2 N–H and O–H groups in total. The van der Waals surface area contributed by atoms with Crippen LogP contribution < -0.4 is 5.14 Å². The van der Waals surface area contributed by atoms with E-state index in [1.165, 1.54) is 12.3 Å². The summed E-state index contributed by atoms with van der Waals surface area (Å²) < 4.78 is 21.3. The van der Waals surface area contributed by atoms with E-state index in [9.17, 15) is 8.42 Å². The third-order valence-corrected chi connectivity index (χ3v) is 1.88. The predicted molar refractivity (Wildman–Crippen MR) is 43.6 cm³/mol. The van der Waals surface area contributed by atoms with Gasteiger partial charge >= 0.3 is 0 Å². The van der Waals surface area contributed by atoms with Crippen molar-refractivity contribution in [2.24, 2.45) is 5.14 Å². The number of rotatable bonds is 2. The van der Waals surface area contributed by atoms with Crippen molar-refractivity contribution in [2.45, 2.75) is 12.7 Å². The molecule has 0 aliphatic carbocycles. The van der Waals surface area contributed by atoms with Gasteiger partial charge in [0, 0.05) is 6.20 Å². The average molecular weight is 187 g/mol. The molecule has 0 saturated carbocycles. The van der Waals surface area contributed by atoms with Gasteiger partial charge in [-0.15, -0.1) is 0 Å². The summed E-state index contributed by atoms with van der Waals surface area (Å²) in [7, 11) is -3.48. The second-order valence-corrected chi connectivity index (χ2v) is 4.02. The summed E-state index contributed by atoms with van der Waals surface area (Å²) in [5.74, 6) is 0.298. The van der Waals surface area contributed by atoms with Crippen molar-refractivity contribution in [2.75, 3.05) is 0 Å². The summed E-state index contributed by atoms with van der Waals surface area (Å²) in [5.41, 5.74) is 0.421. The number of aromatic nitrogens is 2. The highest BCUT2D eigenvalue weighted by atomic mass is 32.2.